The SMILES string of the molecule is CCCCC#CC(SC(C#CCCCC)c1ccccc1O)c1ccccc1O. The first-order chi connectivity index (χ1) is 14.2. The van der Waals surface area contributed by atoms with Crippen LogP contribution in [0.5, 0.6) is 11.5 Å². The molecule has 0 amide bonds. The van der Waals surface area contributed by atoms with E-state index in [0.29, 0.717) is 0 Å². The van der Waals surface area contributed by atoms with Gasteiger partial charge in [0.2, 0.25) is 0 Å². The van der Waals surface area contributed by atoms with Crippen LogP contribution < -0.4 is 0 Å². The second-order valence-corrected chi connectivity index (χ2v) is 8.08. The summed E-state index contributed by atoms with van der Waals surface area (Å²) in [5, 5.41) is 20.4. The van der Waals surface area contributed by atoms with Gasteiger partial charge in [-0.05, 0) is 25.0 Å². The van der Waals surface area contributed by atoms with E-state index in [1.54, 1.807) is 23.9 Å². The van der Waals surface area contributed by atoms with E-state index in [4.69, 9.17) is 0 Å². The molecule has 29 heavy (non-hydrogen) atoms. The minimum atomic E-state index is -0.224. The van der Waals surface area contributed by atoms with Gasteiger partial charge in [-0.3, -0.25) is 0 Å². The fourth-order valence-corrected chi connectivity index (χ4v) is 4.05. The lowest BCUT2D eigenvalue weighted by Gasteiger charge is -2.18. The third-order valence-corrected chi connectivity index (χ3v) is 5.78. The molecule has 0 spiro atoms. The third-order valence-electron chi connectivity index (χ3n) is 4.49. The number of thioether (sulfide) groups is 1. The van der Waals surface area contributed by atoms with Crippen LogP contribution in [0.4, 0.5) is 0 Å². The molecule has 0 aliphatic heterocycles. The van der Waals surface area contributed by atoms with Crippen LogP contribution >= 0.6 is 11.8 Å². The van der Waals surface area contributed by atoms with Crippen molar-refractivity contribution >= 4 is 11.8 Å². The maximum Gasteiger partial charge on any atom is 0.120 e. The van der Waals surface area contributed by atoms with Crippen molar-refractivity contribution in [3.63, 3.8) is 0 Å². The molecule has 0 aliphatic rings. The maximum absolute atomic E-state index is 10.4. The Morgan fingerprint density at radius 3 is 1.52 bits per heavy atom. The lowest BCUT2D eigenvalue weighted by atomic mass is 10.1. The topological polar surface area (TPSA) is 40.5 Å². The lowest BCUT2D eigenvalue weighted by Crippen LogP contribution is -1.99. The van der Waals surface area contributed by atoms with E-state index in [1.165, 1.54) is 0 Å². The summed E-state index contributed by atoms with van der Waals surface area (Å²) in [6.07, 6.45) is 6.00. The monoisotopic (exact) mass is 406 g/mol. The molecule has 3 heteroatoms. The van der Waals surface area contributed by atoms with Crippen LogP contribution in [0.2, 0.25) is 0 Å². The summed E-state index contributed by atoms with van der Waals surface area (Å²) in [6.45, 7) is 4.30. The molecule has 2 unspecified atom stereocenters. The number of aromatic hydroxyl groups is 2. The van der Waals surface area contributed by atoms with Crippen molar-refractivity contribution in [2.75, 3.05) is 0 Å². The number of benzene rings is 2. The average Bonchev–Trinajstić information content (AvgIpc) is 2.73. The number of phenols is 2. The van der Waals surface area contributed by atoms with Crippen LogP contribution in [0.3, 0.4) is 0 Å². The smallest absolute Gasteiger partial charge is 0.120 e. The van der Waals surface area contributed by atoms with Gasteiger partial charge in [-0.25, -0.2) is 0 Å². The molecule has 0 aromatic heterocycles. The van der Waals surface area contributed by atoms with Crippen LogP contribution in [0.25, 0.3) is 0 Å². The summed E-state index contributed by atoms with van der Waals surface area (Å²) < 4.78 is 0. The molecule has 2 nitrogen and oxygen atoms in total. The molecule has 2 aromatic carbocycles. The number of hydrogen-bond donors (Lipinski definition) is 2. The summed E-state index contributed by atoms with van der Waals surface area (Å²) in [6, 6.07) is 14.7. The van der Waals surface area contributed by atoms with E-state index in [-0.39, 0.29) is 22.0 Å². The van der Waals surface area contributed by atoms with Gasteiger partial charge in [0.25, 0.3) is 0 Å². The highest BCUT2D eigenvalue weighted by Gasteiger charge is 2.21. The second-order valence-electron chi connectivity index (χ2n) is 6.86. The minimum Gasteiger partial charge on any atom is -0.508 e. The van der Waals surface area contributed by atoms with Crippen molar-refractivity contribution in [1.82, 2.24) is 0 Å². The number of para-hydroxylation sites is 2. The van der Waals surface area contributed by atoms with Crippen molar-refractivity contribution in [2.24, 2.45) is 0 Å². The van der Waals surface area contributed by atoms with E-state index < -0.39 is 0 Å². The first-order valence-corrected chi connectivity index (χ1v) is 11.3. The Hall–Kier alpha value is -2.49. The Morgan fingerprint density at radius 2 is 1.14 bits per heavy atom. The van der Waals surface area contributed by atoms with E-state index in [2.05, 4.69) is 37.5 Å². The Bertz CT molecular complexity index is 809. The van der Waals surface area contributed by atoms with Crippen LogP contribution in [0.1, 0.15) is 74.0 Å². The molecule has 0 saturated heterocycles. The molecule has 0 bridgehead atoms. The fourth-order valence-electron chi connectivity index (χ4n) is 2.78. The molecule has 0 heterocycles. The van der Waals surface area contributed by atoms with Crippen LogP contribution in [-0.4, -0.2) is 10.2 Å². The molecule has 2 aromatic rings. The summed E-state index contributed by atoms with van der Waals surface area (Å²) in [4.78, 5) is 0. The summed E-state index contributed by atoms with van der Waals surface area (Å²) >= 11 is 1.57. The van der Waals surface area contributed by atoms with E-state index in [0.717, 1.165) is 49.7 Å². The van der Waals surface area contributed by atoms with Crippen molar-refractivity contribution in [3.05, 3.63) is 59.7 Å². The molecule has 152 valence electrons. The maximum atomic E-state index is 10.4. The van der Waals surface area contributed by atoms with Gasteiger partial charge >= 0.3 is 0 Å². The average molecular weight is 407 g/mol. The van der Waals surface area contributed by atoms with Gasteiger partial charge < -0.3 is 10.2 Å². The standard InChI is InChI=1S/C26H30O2S/c1-3-5-7-9-19-25(21-15-11-13-17-23(21)27)29-26(20-10-8-6-4-2)22-16-12-14-18-24(22)28/h11-18,25-28H,3-8H2,1-2H3. The Morgan fingerprint density at radius 1 is 0.724 bits per heavy atom. The first-order valence-electron chi connectivity index (χ1n) is 10.3. The van der Waals surface area contributed by atoms with Gasteiger partial charge in [0, 0.05) is 24.0 Å². The van der Waals surface area contributed by atoms with Crippen molar-refractivity contribution in [3.8, 4) is 35.2 Å². The van der Waals surface area contributed by atoms with Gasteiger partial charge in [0.05, 0.1) is 10.5 Å². The molecule has 2 atom stereocenters. The molecule has 2 rings (SSSR count). The predicted molar refractivity (Wildman–Crippen MR) is 124 cm³/mol. The van der Waals surface area contributed by atoms with Gasteiger partial charge in [-0.15, -0.1) is 23.6 Å². The summed E-state index contributed by atoms with van der Waals surface area (Å²) in [7, 11) is 0. The number of phenolic OH excluding ortho intramolecular Hbond substituents is 2. The van der Waals surface area contributed by atoms with Crippen LogP contribution in [0, 0.1) is 23.7 Å². The number of rotatable bonds is 8. The van der Waals surface area contributed by atoms with Crippen molar-refractivity contribution in [2.45, 2.75) is 62.9 Å². The van der Waals surface area contributed by atoms with Gasteiger partial charge in [-0.2, -0.15) is 0 Å². The highest BCUT2D eigenvalue weighted by atomic mass is 32.2. The molecule has 0 saturated carbocycles. The molecule has 0 fully saturated rings. The molecular formula is C26H30O2S. The zero-order valence-electron chi connectivity index (χ0n) is 17.3. The summed E-state index contributed by atoms with van der Waals surface area (Å²) in [5.41, 5.74) is 1.58. The van der Waals surface area contributed by atoms with Gasteiger partial charge in [-0.1, -0.05) is 74.9 Å². The van der Waals surface area contributed by atoms with Crippen molar-refractivity contribution < 1.29 is 10.2 Å². The van der Waals surface area contributed by atoms with Crippen LogP contribution in [-0.2, 0) is 0 Å². The minimum absolute atomic E-state index is 0.224. The fraction of sp³-hybridized carbons (Fsp3) is 0.385. The summed E-state index contributed by atoms with van der Waals surface area (Å²) in [5.74, 6) is 13.7. The molecule has 2 N–H and O–H groups in total. The highest BCUT2D eigenvalue weighted by molar-refractivity contribution is 8.00. The highest BCUT2D eigenvalue weighted by Crippen LogP contribution is 2.44. The van der Waals surface area contributed by atoms with Gasteiger partial charge in [0.1, 0.15) is 11.5 Å². The largest absolute Gasteiger partial charge is 0.508 e. The quantitative estimate of drug-likeness (QED) is 0.366. The van der Waals surface area contributed by atoms with Gasteiger partial charge in [0.15, 0.2) is 0 Å². The molecule has 0 aliphatic carbocycles. The lowest BCUT2D eigenvalue weighted by molar-refractivity contribution is 0.469. The van der Waals surface area contributed by atoms with E-state index in [1.807, 2.05) is 36.4 Å². The predicted octanol–water partition coefficient (Wildman–Crippen LogP) is 7.00. The third kappa shape index (κ3) is 7.45. The zero-order chi connectivity index (χ0) is 20.9. The molecule has 0 radical (unpaired) electrons. The second kappa shape index (κ2) is 12.9. The Balaban J connectivity index is 2.37. The Kier molecular flexibility index (Phi) is 10.1. The van der Waals surface area contributed by atoms with Crippen molar-refractivity contribution in [1.29, 1.82) is 0 Å². The Labute approximate surface area is 179 Å². The normalized spacial score (nSPS) is 12.2. The number of unbranched alkanes of at least 4 members (excludes halogenated alkanes) is 4. The van der Waals surface area contributed by atoms with E-state index >= 15 is 0 Å². The molecular weight excluding hydrogens is 376 g/mol. The van der Waals surface area contributed by atoms with Crippen LogP contribution in [0.15, 0.2) is 48.5 Å². The number of hydrogen-bond acceptors (Lipinski definition) is 3. The van der Waals surface area contributed by atoms with E-state index in [9.17, 15) is 10.2 Å². The first kappa shape index (κ1) is 22.8. The zero-order valence-corrected chi connectivity index (χ0v) is 18.1.